The summed E-state index contributed by atoms with van der Waals surface area (Å²) in [6.45, 7) is 9.51. The fourth-order valence-corrected chi connectivity index (χ4v) is 7.15. The summed E-state index contributed by atoms with van der Waals surface area (Å²) in [5.74, 6) is -8.98. The number of nitrogens with one attached hydrogen (secondary N) is 8. The third kappa shape index (κ3) is 15.9. The molecule has 0 unspecified atom stereocenters. The van der Waals surface area contributed by atoms with E-state index >= 15 is 0 Å². The first-order chi connectivity index (χ1) is 29.7. The summed E-state index contributed by atoms with van der Waals surface area (Å²) in [5.41, 5.74) is 0.680. The first-order valence-corrected chi connectivity index (χ1v) is 21.3. The Morgan fingerprint density at radius 1 is 0.683 bits per heavy atom. The van der Waals surface area contributed by atoms with E-state index < -0.39 is 126 Å². The topological polar surface area (TPSA) is 311 Å². The molecule has 2 heterocycles. The maximum atomic E-state index is 13.9. The molecule has 2 aliphatic rings. The first-order valence-electron chi connectivity index (χ1n) is 21.3. The van der Waals surface area contributed by atoms with Crippen LogP contribution in [0.15, 0.2) is 30.3 Å². The Balaban J connectivity index is 1.64. The number of hydrogen-bond acceptors (Lipinski definition) is 11. The number of rotatable bonds is 23. The number of aliphatic carboxylic acids is 2. The van der Waals surface area contributed by atoms with E-state index in [1.165, 1.54) is 18.7 Å². The van der Waals surface area contributed by atoms with E-state index in [2.05, 4.69) is 42.5 Å². The quantitative estimate of drug-likeness (QED) is 0.0587. The molecular formula is C42H63N9O12. The highest BCUT2D eigenvalue weighted by molar-refractivity contribution is 5.98. The molecule has 0 bridgehead atoms. The van der Waals surface area contributed by atoms with Gasteiger partial charge in [0.05, 0.1) is 12.6 Å². The fourth-order valence-electron chi connectivity index (χ4n) is 7.15. The van der Waals surface area contributed by atoms with Crippen LogP contribution in [0.3, 0.4) is 0 Å². The fraction of sp³-hybridized carbons (Fsp3) is 0.619. The summed E-state index contributed by atoms with van der Waals surface area (Å²) in [4.78, 5) is 131. The molecule has 0 aromatic heterocycles. The van der Waals surface area contributed by atoms with Crippen molar-refractivity contribution >= 4 is 59.2 Å². The van der Waals surface area contributed by atoms with E-state index in [1.807, 2.05) is 0 Å². The van der Waals surface area contributed by atoms with Gasteiger partial charge in [0, 0.05) is 19.4 Å². The minimum absolute atomic E-state index is 0.0211. The average molecular weight is 886 g/mol. The molecule has 8 amide bonds. The molecular weight excluding hydrogens is 823 g/mol. The highest BCUT2D eigenvalue weighted by Gasteiger charge is 2.40. The highest BCUT2D eigenvalue weighted by Crippen LogP contribution is 2.21. The van der Waals surface area contributed by atoms with Gasteiger partial charge in [0.25, 0.3) is 0 Å². The Morgan fingerprint density at radius 2 is 1.32 bits per heavy atom. The lowest BCUT2D eigenvalue weighted by atomic mass is 10.0. The molecule has 2 aliphatic heterocycles. The molecule has 0 saturated carbocycles. The molecule has 2 fully saturated rings. The van der Waals surface area contributed by atoms with Gasteiger partial charge in [-0.3, -0.25) is 43.2 Å². The number of nitrogens with zero attached hydrogens (tertiary/aromatic N) is 1. The number of carboxylic acids is 2. The van der Waals surface area contributed by atoms with Crippen LogP contribution >= 0.6 is 0 Å². The molecule has 10 N–H and O–H groups in total. The monoisotopic (exact) mass is 885 g/mol. The Hall–Kier alpha value is -6.12. The number of benzene rings is 1. The molecule has 2 saturated heterocycles. The molecule has 1 aromatic rings. The second-order valence-corrected chi connectivity index (χ2v) is 16.6. The number of carbonyl (C=O) groups is 10. The molecule has 0 aliphatic carbocycles. The minimum Gasteiger partial charge on any atom is -0.481 e. The lowest BCUT2D eigenvalue weighted by molar-refractivity contribution is -0.144. The van der Waals surface area contributed by atoms with Gasteiger partial charge in [0.1, 0.15) is 42.3 Å². The molecule has 1 aromatic carbocycles. The first kappa shape index (κ1) is 51.2. The third-order valence-corrected chi connectivity index (χ3v) is 10.8. The zero-order chi connectivity index (χ0) is 47.0. The molecule has 0 spiro atoms. The molecule has 63 heavy (non-hydrogen) atoms. The van der Waals surface area contributed by atoms with Crippen LogP contribution < -0.4 is 42.5 Å². The van der Waals surface area contributed by atoms with Crippen molar-refractivity contribution in [2.24, 2.45) is 11.8 Å². The van der Waals surface area contributed by atoms with Gasteiger partial charge in [0.15, 0.2) is 0 Å². The Kier molecular flexibility index (Phi) is 19.9. The van der Waals surface area contributed by atoms with Crippen molar-refractivity contribution in [2.75, 3.05) is 19.6 Å². The van der Waals surface area contributed by atoms with Gasteiger partial charge in [-0.25, -0.2) is 4.79 Å². The number of carbonyl (C=O) groups excluding carboxylic acids is 8. The largest absolute Gasteiger partial charge is 0.481 e. The maximum absolute atomic E-state index is 13.9. The zero-order valence-electron chi connectivity index (χ0n) is 36.7. The van der Waals surface area contributed by atoms with Crippen LogP contribution in [0, 0.1) is 11.8 Å². The van der Waals surface area contributed by atoms with Gasteiger partial charge < -0.3 is 57.6 Å². The average Bonchev–Trinajstić information content (AvgIpc) is 3.96. The van der Waals surface area contributed by atoms with E-state index in [1.54, 1.807) is 58.0 Å². The van der Waals surface area contributed by atoms with Crippen LogP contribution in [0.5, 0.6) is 0 Å². The van der Waals surface area contributed by atoms with Gasteiger partial charge >= 0.3 is 11.9 Å². The minimum atomic E-state index is -1.40. The summed E-state index contributed by atoms with van der Waals surface area (Å²) >= 11 is 0. The second kappa shape index (κ2) is 24.5. The zero-order valence-corrected chi connectivity index (χ0v) is 36.7. The van der Waals surface area contributed by atoms with Gasteiger partial charge in [-0.05, 0) is 69.9 Å². The van der Waals surface area contributed by atoms with Gasteiger partial charge in [0.2, 0.25) is 47.3 Å². The van der Waals surface area contributed by atoms with Gasteiger partial charge in [-0.15, -0.1) is 0 Å². The standard InChI is InChI=1S/C42H63N9O12/c1-22(2)33(40(60)44-21-31(52)47-29(20-26-12-8-7-9-13-26)38(58)50-34(23(3)4)42(62)63)49-39(59)30-15-11-19-51(30)41(61)28(16-17-32(53)54)48-36(56)25(6)45-35(55)24(5)46-37(57)27-14-10-18-43-27/h7-9,12-13,22-25,27-30,33-34,43H,10-11,14-21H2,1-6H3,(H,44,60)(H,45,55)(H,46,57)(H,47,52)(H,48,56)(H,49,59)(H,50,58)(H,53,54)(H,62,63)/t24-,25-,27-,28-,29-,30-,33-,34-/m0/s1. The Labute approximate surface area is 366 Å². The van der Waals surface area contributed by atoms with Crippen LogP contribution in [-0.4, -0.2) is 142 Å². The number of amides is 8. The van der Waals surface area contributed by atoms with E-state index in [9.17, 15) is 58.2 Å². The van der Waals surface area contributed by atoms with Crippen molar-refractivity contribution in [1.29, 1.82) is 0 Å². The molecule has 21 nitrogen and oxygen atoms in total. The lowest BCUT2D eigenvalue weighted by Gasteiger charge is -2.31. The summed E-state index contributed by atoms with van der Waals surface area (Å²) in [6.07, 6.45) is 1.17. The van der Waals surface area contributed by atoms with Crippen molar-refractivity contribution in [3.63, 3.8) is 0 Å². The predicted octanol–water partition coefficient (Wildman–Crippen LogP) is -1.70. The Bertz CT molecular complexity index is 1820. The normalized spacial score (nSPS) is 18.8. The summed E-state index contributed by atoms with van der Waals surface area (Å²) in [5, 5.41) is 39.8. The highest BCUT2D eigenvalue weighted by atomic mass is 16.4. The van der Waals surface area contributed by atoms with E-state index in [4.69, 9.17) is 0 Å². The van der Waals surface area contributed by atoms with Crippen molar-refractivity contribution in [3.05, 3.63) is 35.9 Å². The Morgan fingerprint density at radius 3 is 1.90 bits per heavy atom. The molecule has 348 valence electrons. The summed E-state index contributed by atoms with van der Waals surface area (Å²) in [6, 6.07) is -0.0155. The molecule has 0 radical (unpaired) electrons. The van der Waals surface area contributed by atoms with Crippen LogP contribution in [0.2, 0.25) is 0 Å². The SMILES string of the molecule is CC(C)[C@H](NC(=O)[C@H](Cc1ccccc1)NC(=O)CNC(=O)[C@@H](NC(=O)[C@@H]1CCCN1C(=O)[C@H](CCC(=O)O)NC(=O)[C@H](C)NC(=O)[C@H](C)NC(=O)[C@@H]1CCCN1)C(C)C)C(=O)O. The van der Waals surface area contributed by atoms with Crippen LogP contribution in [0.4, 0.5) is 0 Å². The van der Waals surface area contributed by atoms with Crippen molar-refractivity contribution in [3.8, 4) is 0 Å². The lowest BCUT2D eigenvalue weighted by Crippen LogP contribution is -2.59. The predicted molar refractivity (Wildman–Crippen MR) is 226 cm³/mol. The van der Waals surface area contributed by atoms with Crippen LogP contribution in [0.25, 0.3) is 0 Å². The number of hydrogen-bond donors (Lipinski definition) is 10. The van der Waals surface area contributed by atoms with Gasteiger partial charge in [-0.2, -0.15) is 0 Å². The van der Waals surface area contributed by atoms with E-state index in [0.29, 0.717) is 24.9 Å². The van der Waals surface area contributed by atoms with Crippen LogP contribution in [-0.2, 0) is 54.4 Å². The van der Waals surface area contributed by atoms with E-state index in [-0.39, 0.29) is 31.7 Å². The molecule has 3 rings (SSSR count). The van der Waals surface area contributed by atoms with Crippen molar-refractivity contribution in [2.45, 2.75) is 135 Å². The van der Waals surface area contributed by atoms with E-state index in [0.717, 1.165) is 6.42 Å². The number of carboxylic acid groups (broad SMARTS) is 2. The summed E-state index contributed by atoms with van der Waals surface area (Å²) < 4.78 is 0. The number of likely N-dealkylation sites (tertiary alicyclic amines) is 1. The third-order valence-electron chi connectivity index (χ3n) is 10.8. The summed E-state index contributed by atoms with van der Waals surface area (Å²) in [7, 11) is 0. The van der Waals surface area contributed by atoms with Crippen molar-refractivity contribution < 1.29 is 58.2 Å². The second-order valence-electron chi connectivity index (χ2n) is 16.6. The smallest absolute Gasteiger partial charge is 0.326 e. The maximum Gasteiger partial charge on any atom is 0.326 e. The van der Waals surface area contributed by atoms with Crippen molar-refractivity contribution in [1.82, 2.24) is 47.4 Å². The molecule has 8 atom stereocenters. The van der Waals surface area contributed by atoms with Gasteiger partial charge in [-0.1, -0.05) is 58.0 Å². The van der Waals surface area contributed by atoms with Crippen LogP contribution in [0.1, 0.15) is 85.6 Å². The molecule has 21 heteroatoms.